The summed E-state index contributed by atoms with van der Waals surface area (Å²) in [5.74, 6) is 1.55. The van der Waals surface area contributed by atoms with Crippen LogP contribution in [0.5, 0.6) is 0 Å². The monoisotopic (exact) mass is 446 g/mol. The van der Waals surface area contributed by atoms with Crippen LogP contribution in [0.4, 0.5) is 0 Å². The van der Waals surface area contributed by atoms with Gasteiger partial charge in [0.1, 0.15) is 5.82 Å². The molecule has 0 atom stereocenters. The van der Waals surface area contributed by atoms with E-state index in [-0.39, 0.29) is 5.91 Å². The zero-order chi connectivity index (χ0) is 20.1. The van der Waals surface area contributed by atoms with E-state index in [0.29, 0.717) is 18.3 Å². The number of thiophene rings is 2. The molecule has 8 heteroatoms. The van der Waals surface area contributed by atoms with Gasteiger partial charge in [-0.25, -0.2) is 0 Å². The summed E-state index contributed by atoms with van der Waals surface area (Å²) in [5.41, 5.74) is 0. The van der Waals surface area contributed by atoms with Crippen LogP contribution in [0.1, 0.15) is 53.7 Å². The van der Waals surface area contributed by atoms with Crippen molar-refractivity contribution in [1.82, 2.24) is 19.7 Å². The topological polar surface area (TPSA) is 51.0 Å². The molecule has 0 N–H and O–H groups in total. The number of hydrogen-bond donors (Lipinski definition) is 0. The van der Waals surface area contributed by atoms with Gasteiger partial charge in [0.25, 0.3) is 0 Å². The van der Waals surface area contributed by atoms with E-state index in [1.54, 1.807) is 27.6 Å². The predicted molar refractivity (Wildman–Crippen MR) is 121 cm³/mol. The van der Waals surface area contributed by atoms with Gasteiger partial charge in [-0.2, -0.15) is 0 Å². The van der Waals surface area contributed by atoms with Crippen molar-refractivity contribution in [2.24, 2.45) is 0 Å². The van der Waals surface area contributed by atoms with Crippen LogP contribution in [0, 0.1) is 0 Å². The molecule has 154 valence electrons. The first kappa shape index (κ1) is 20.6. The van der Waals surface area contributed by atoms with Crippen molar-refractivity contribution in [1.29, 1.82) is 0 Å². The highest BCUT2D eigenvalue weighted by atomic mass is 32.2. The maximum Gasteiger partial charge on any atom is 0.233 e. The maximum absolute atomic E-state index is 12.6. The van der Waals surface area contributed by atoms with Crippen molar-refractivity contribution in [3.8, 4) is 0 Å². The molecule has 0 saturated heterocycles. The highest BCUT2D eigenvalue weighted by molar-refractivity contribution is 7.99. The molecule has 4 rings (SSSR count). The average molecular weight is 447 g/mol. The lowest BCUT2D eigenvalue weighted by Crippen LogP contribution is -2.27. The normalized spacial score (nSPS) is 14.9. The van der Waals surface area contributed by atoms with E-state index in [0.717, 1.165) is 17.4 Å². The lowest BCUT2D eigenvalue weighted by Gasteiger charge is -2.25. The molecule has 0 aliphatic heterocycles. The van der Waals surface area contributed by atoms with E-state index in [9.17, 15) is 4.79 Å². The number of amides is 1. The molecule has 5 nitrogen and oxygen atoms in total. The number of rotatable bonds is 8. The van der Waals surface area contributed by atoms with Crippen molar-refractivity contribution in [3.05, 3.63) is 50.6 Å². The Morgan fingerprint density at radius 2 is 1.86 bits per heavy atom. The molecule has 0 spiro atoms. The SMILES string of the molecule is CN(Cc1cccs1)C(=O)CSc1nnc(Cc2cccs2)n1C1CCCCC1. The van der Waals surface area contributed by atoms with E-state index in [2.05, 4.69) is 38.3 Å². The Labute approximate surface area is 184 Å². The van der Waals surface area contributed by atoms with E-state index >= 15 is 0 Å². The van der Waals surface area contributed by atoms with Gasteiger partial charge in [-0.05, 0) is 35.7 Å². The Kier molecular flexibility index (Phi) is 7.05. The van der Waals surface area contributed by atoms with Gasteiger partial charge in [-0.1, -0.05) is 43.2 Å². The molecular formula is C21H26N4OS3. The molecule has 3 aromatic rings. The molecular weight excluding hydrogens is 420 g/mol. The van der Waals surface area contributed by atoms with Crippen molar-refractivity contribution in [2.75, 3.05) is 12.8 Å². The van der Waals surface area contributed by atoms with Crippen LogP contribution >= 0.6 is 34.4 Å². The van der Waals surface area contributed by atoms with Gasteiger partial charge < -0.3 is 9.47 Å². The fourth-order valence-corrected chi connectivity index (χ4v) is 6.19. The maximum atomic E-state index is 12.6. The lowest BCUT2D eigenvalue weighted by atomic mass is 9.95. The molecule has 3 aromatic heterocycles. The molecule has 1 aliphatic rings. The zero-order valence-electron chi connectivity index (χ0n) is 16.6. The lowest BCUT2D eigenvalue weighted by molar-refractivity contribution is -0.127. The number of carbonyl (C=O) groups is 1. The summed E-state index contributed by atoms with van der Waals surface area (Å²) in [6, 6.07) is 8.78. The quantitative estimate of drug-likeness (QED) is 0.444. The largest absolute Gasteiger partial charge is 0.340 e. The Morgan fingerprint density at radius 1 is 1.14 bits per heavy atom. The van der Waals surface area contributed by atoms with E-state index in [4.69, 9.17) is 0 Å². The molecule has 1 aliphatic carbocycles. The summed E-state index contributed by atoms with van der Waals surface area (Å²) in [6.45, 7) is 0.663. The zero-order valence-corrected chi connectivity index (χ0v) is 19.1. The third-order valence-electron chi connectivity index (χ3n) is 5.31. The Hall–Kier alpha value is -1.64. The second kappa shape index (κ2) is 9.91. The second-order valence-electron chi connectivity index (χ2n) is 7.43. The van der Waals surface area contributed by atoms with Gasteiger partial charge in [-0.3, -0.25) is 4.79 Å². The molecule has 29 heavy (non-hydrogen) atoms. The predicted octanol–water partition coefficient (Wildman–Crippen LogP) is 5.25. The summed E-state index contributed by atoms with van der Waals surface area (Å²) in [7, 11) is 1.87. The number of carbonyl (C=O) groups excluding carboxylic acids is 1. The van der Waals surface area contributed by atoms with Crippen molar-refractivity contribution in [3.63, 3.8) is 0 Å². The van der Waals surface area contributed by atoms with Gasteiger partial charge in [0.15, 0.2) is 5.16 Å². The molecule has 1 fully saturated rings. The fraction of sp³-hybridized carbons (Fsp3) is 0.476. The molecule has 0 radical (unpaired) electrons. The minimum Gasteiger partial charge on any atom is -0.340 e. The van der Waals surface area contributed by atoms with Crippen LogP contribution in [0.2, 0.25) is 0 Å². The summed E-state index contributed by atoms with van der Waals surface area (Å²) in [4.78, 5) is 17.0. The average Bonchev–Trinajstić information content (AvgIpc) is 3.50. The van der Waals surface area contributed by atoms with Crippen LogP contribution in [0.3, 0.4) is 0 Å². The Bertz CT molecular complexity index is 899. The third-order valence-corrected chi connectivity index (χ3v) is 7.98. The minimum atomic E-state index is 0.126. The van der Waals surface area contributed by atoms with Gasteiger partial charge in [-0.15, -0.1) is 32.9 Å². The smallest absolute Gasteiger partial charge is 0.233 e. The number of thioether (sulfide) groups is 1. The van der Waals surface area contributed by atoms with Gasteiger partial charge in [0, 0.05) is 29.3 Å². The minimum absolute atomic E-state index is 0.126. The molecule has 3 heterocycles. The first-order valence-corrected chi connectivity index (χ1v) is 12.8. The van der Waals surface area contributed by atoms with E-state index in [1.807, 2.05) is 18.5 Å². The number of aromatic nitrogens is 3. The highest BCUT2D eigenvalue weighted by Crippen LogP contribution is 2.33. The van der Waals surface area contributed by atoms with Gasteiger partial charge >= 0.3 is 0 Å². The summed E-state index contributed by atoms with van der Waals surface area (Å²) < 4.78 is 2.33. The summed E-state index contributed by atoms with van der Waals surface area (Å²) in [5, 5.41) is 14.1. The first-order valence-electron chi connectivity index (χ1n) is 10.1. The molecule has 1 amide bonds. The fourth-order valence-electron chi connectivity index (χ4n) is 3.76. The first-order chi connectivity index (χ1) is 14.2. The van der Waals surface area contributed by atoms with Crippen molar-refractivity contribution in [2.45, 2.75) is 56.3 Å². The standard InChI is InChI=1S/C21H26N4OS3/c1-24(14-18-10-6-12-28-18)20(26)15-29-21-23-22-19(13-17-9-5-11-27-17)25(21)16-7-3-2-4-8-16/h5-6,9-12,16H,2-4,7-8,13-15H2,1H3. The second-order valence-corrected chi connectivity index (χ2v) is 10.4. The third kappa shape index (κ3) is 5.29. The van der Waals surface area contributed by atoms with E-state index in [1.165, 1.54) is 53.6 Å². The van der Waals surface area contributed by atoms with Crippen molar-refractivity contribution < 1.29 is 4.79 Å². The molecule has 0 bridgehead atoms. The van der Waals surface area contributed by atoms with Crippen LogP contribution in [-0.4, -0.2) is 38.4 Å². The van der Waals surface area contributed by atoms with Crippen LogP contribution in [0.15, 0.2) is 40.2 Å². The van der Waals surface area contributed by atoms with Crippen LogP contribution in [-0.2, 0) is 17.8 Å². The summed E-state index contributed by atoms with van der Waals surface area (Å²) >= 11 is 4.97. The molecule has 1 saturated carbocycles. The van der Waals surface area contributed by atoms with Gasteiger partial charge in [0.2, 0.25) is 5.91 Å². The van der Waals surface area contributed by atoms with E-state index < -0.39 is 0 Å². The molecule has 0 aromatic carbocycles. The number of hydrogen-bond acceptors (Lipinski definition) is 6. The Balaban J connectivity index is 1.45. The summed E-state index contributed by atoms with van der Waals surface area (Å²) in [6.07, 6.45) is 6.99. The van der Waals surface area contributed by atoms with Crippen LogP contribution < -0.4 is 0 Å². The van der Waals surface area contributed by atoms with Crippen molar-refractivity contribution >= 4 is 40.3 Å². The molecule has 0 unspecified atom stereocenters. The van der Waals surface area contributed by atoms with Gasteiger partial charge in [0.05, 0.1) is 12.3 Å². The number of nitrogens with zero attached hydrogens (tertiary/aromatic N) is 4. The highest BCUT2D eigenvalue weighted by Gasteiger charge is 2.24. The Morgan fingerprint density at radius 3 is 2.55 bits per heavy atom. The van der Waals surface area contributed by atoms with Crippen LogP contribution in [0.25, 0.3) is 0 Å².